The molecule has 0 saturated carbocycles. The second kappa shape index (κ2) is 5.89. The zero-order chi connectivity index (χ0) is 11.3. The maximum absolute atomic E-state index is 9.98. The van der Waals surface area contributed by atoms with Crippen molar-refractivity contribution in [3.8, 4) is 0 Å². The van der Waals surface area contributed by atoms with Gasteiger partial charge in [-0.05, 0) is 24.3 Å². The van der Waals surface area contributed by atoms with E-state index in [2.05, 4.69) is 13.8 Å². The van der Waals surface area contributed by atoms with Gasteiger partial charge in [-0.3, -0.25) is 0 Å². The van der Waals surface area contributed by atoms with Crippen molar-refractivity contribution in [2.45, 2.75) is 38.8 Å². The minimum absolute atomic E-state index is 0.158. The van der Waals surface area contributed by atoms with Crippen LogP contribution in [-0.4, -0.2) is 11.1 Å². The molecule has 0 saturated heterocycles. The van der Waals surface area contributed by atoms with Gasteiger partial charge in [0.25, 0.3) is 0 Å². The van der Waals surface area contributed by atoms with E-state index < -0.39 is 6.10 Å². The van der Waals surface area contributed by atoms with Crippen LogP contribution in [0.2, 0.25) is 0 Å². The zero-order valence-electron chi connectivity index (χ0n) is 9.56. The first-order valence-corrected chi connectivity index (χ1v) is 5.60. The number of benzene rings is 1. The van der Waals surface area contributed by atoms with Gasteiger partial charge in [0.2, 0.25) is 0 Å². The average molecular weight is 207 g/mol. The number of nitrogens with two attached hydrogens (primary N) is 1. The molecular formula is C13H21NO. The molecule has 15 heavy (non-hydrogen) atoms. The third kappa shape index (κ3) is 4.02. The fourth-order valence-electron chi connectivity index (χ4n) is 1.58. The van der Waals surface area contributed by atoms with E-state index in [4.69, 9.17) is 5.73 Å². The Labute approximate surface area is 92.1 Å². The number of rotatable bonds is 5. The lowest BCUT2D eigenvalue weighted by Gasteiger charge is -2.19. The number of aliphatic hydroxyl groups is 1. The lowest BCUT2D eigenvalue weighted by molar-refractivity contribution is 0.139. The summed E-state index contributed by atoms with van der Waals surface area (Å²) < 4.78 is 0. The van der Waals surface area contributed by atoms with Crippen LogP contribution in [0, 0.1) is 5.92 Å². The van der Waals surface area contributed by atoms with Crippen LogP contribution in [-0.2, 0) is 0 Å². The molecule has 0 aliphatic heterocycles. The first kappa shape index (κ1) is 12.2. The Hall–Kier alpha value is -0.860. The minimum atomic E-state index is -0.537. The molecule has 0 heterocycles. The summed E-state index contributed by atoms with van der Waals surface area (Å²) in [6.45, 7) is 4.34. The average Bonchev–Trinajstić information content (AvgIpc) is 2.26. The SMILES string of the molecule is CC(C)CCC(N)C(O)c1ccccc1. The van der Waals surface area contributed by atoms with E-state index in [1.165, 1.54) is 0 Å². The Kier molecular flexibility index (Phi) is 4.79. The van der Waals surface area contributed by atoms with Gasteiger partial charge >= 0.3 is 0 Å². The molecule has 84 valence electrons. The predicted octanol–water partition coefficient (Wildman–Crippen LogP) is 2.48. The van der Waals surface area contributed by atoms with Crippen molar-refractivity contribution < 1.29 is 5.11 Å². The molecule has 0 bridgehead atoms. The monoisotopic (exact) mass is 207 g/mol. The lowest BCUT2D eigenvalue weighted by Crippen LogP contribution is -2.28. The lowest BCUT2D eigenvalue weighted by atomic mass is 9.96. The van der Waals surface area contributed by atoms with Crippen LogP contribution in [0.1, 0.15) is 38.4 Å². The molecule has 2 nitrogen and oxygen atoms in total. The maximum atomic E-state index is 9.98. The van der Waals surface area contributed by atoms with Gasteiger partial charge in [-0.15, -0.1) is 0 Å². The van der Waals surface area contributed by atoms with Crippen molar-refractivity contribution in [1.29, 1.82) is 0 Å². The van der Waals surface area contributed by atoms with Gasteiger partial charge < -0.3 is 10.8 Å². The Balaban J connectivity index is 2.49. The summed E-state index contributed by atoms with van der Waals surface area (Å²) in [7, 11) is 0. The van der Waals surface area contributed by atoms with Crippen molar-refractivity contribution in [2.24, 2.45) is 11.7 Å². The summed E-state index contributed by atoms with van der Waals surface area (Å²) in [5.74, 6) is 0.638. The Morgan fingerprint density at radius 1 is 1.13 bits per heavy atom. The first-order valence-electron chi connectivity index (χ1n) is 5.60. The van der Waals surface area contributed by atoms with Crippen LogP contribution in [0.25, 0.3) is 0 Å². The van der Waals surface area contributed by atoms with Crippen molar-refractivity contribution in [2.75, 3.05) is 0 Å². The summed E-state index contributed by atoms with van der Waals surface area (Å²) in [5, 5.41) is 9.98. The molecule has 0 aliphatic carbocycles. The van der Waals surface area contributed by atoms with Crippen LogP contribution >= 0.6 is 0 Å². The smallest absolute Gasteiger partial charge is 0.0940 e. The van der Waals surface area contributed by atoms with Gasteiger partial charge in [-0.25, -0.2) is 0 Å². The standard InChI is InChI=1S/C13H21NO/c1-10(2)8-9-12(14)13(15)11-6-4-3-5-7-11/h3-7,10,12-13,15H,8-9,14H2,1-2H3. The van der Waals surface area contributed by atoms with Crippen molar-refractivity contribution >= 4 is 0 Å². The van der Waals surface area contributed by atoms with E-state index in [0.29, 0.717) is 5.92 Å². The van der Waals surface area contributed by atoms with Gasteiger partial charge in [-0.1, -0.05) is 44.2 Å². The fourth-order valence-corrected chi connectivity index (χ4v) is 1.58. The fraction of sp³-hybridized carbons (Fsp3) is 0.538. The van der Waals surface area contributed by atoms with Crippen LogP contribution in [0.3, 0.4) is 0 Å². The summed E-state index contributed by atoms with van der Waals surface area (Å²) in [6, 6.07) is 9.46. The molecule has 0 amide bonds. The molecule has 3 N–H and O–H groups in total. The predicted molar refractivity (Wildman–Crippen MR) is 63.4 cm³/mol. The van der Waals surface area contributed by atoms with Crippen molar-refractivity contribution in [1.82, 2.24) is 0 Å². The van der Waals surface area contributed by atoms with E-state index in [-0.39, 0.29) is 6.04 Å². The highest BCUT2D eigenvalue weighted by molar-refractivity contribution is 5.18. The first-order chi connectivity index (χ1) is 7.11. The molecule has 2 atom stereocenters. The van der Waals surface area contributed by atoms with Gasteiger partial charge in [0.1, 0.15) is 0 Å². The molecule has 1 aromatic rings. The van der Waals surface area contributed by atoms with Crippen LogP contribution in [0.5, 0.6) is 0 Å². The third-order valence-corrected chi connectivity index (χ3v) is 2.62. The van der Waals surface area contributed by atoms with Gasteiger partial charge in [0.05, 0.1) is 6.10 Å². The molecule has 0 radical (unpaired) electrons. The molecule has 2 unspecified atom stereocenters. The van der Waals surface area contributed by atoms with Gasteiger partial charge in [-0.2, -0.15) is 0 Å². The molecule has 0 spiro atoms. The summed E-state index contributed by atoms with van der Waals surface area (Å²) in [4.78, 5) is 0. The van der Waals surface area contributed by atoms with Crippen LogP contribution < -0.4 is 5.73 Å². The highest BCUT2D eigenvalue weighted by atomic mass is 16.3. The Bertz CT molecular complexity index is 271. The van der Waals surface area contributed by atoms with E-state index in [1.807, 2.05) is 30.3 Å². The molecular weight excluding hydrogens is 186 g/mol. The Morgan fingerprint density at radius 3 is 2.27 bits per heavy atom. The Morgan fingerprint density at radius 2 is 1.73 bits per heavy atom. The number of hydrogen-bond donors (Lipinski definition) is 2. The normalized spacial score (nSPS) is 15.3. The largest absolute Gasteiger partial charge is 0.387 e. The molecule has 0 fully saturated rings. The second-order valence-corrected chi connectivity index (χ2v) is 4.49. The molecule has 2 heteroatoms. The summed E-state index contributed by atoms with van der Waals surface area (Å²) in [6.07, 6.45) is 1.39. The molecule has 0 aromatic heterocycles. The van der Waals surface area contributed by atoms with Crippen LogP contribution in [0.4, 0.5) is 0 Å². The van der Waals surface area contributed by atoms with Crippen molar-refractivity contribution in [3.05, 3.63) is 35.9 Å². The highest BCUT2D eigenvalue weighted by Crippen LogP contribution is 2.19. The van der Waals surface area contributed by atoms with E-state index >= 15 is 0 Å². The minimum Gasteiger partial charge on any atom is -0.387 e. The quantitative estimate of drug-likeness (QED) is 0.779. The summed E-state index contributed by atoms with van der Waals surface area (Å²) in [5.41, 5.74) is 6.86. The summed E-state index contributed by atoms with van der Waals surface area (Å²) >= 11 is 0. The number of hydrogen-bond acceptors (Lipinski definition) is 2. The van der Waals surface area contributed by atoms with Crippen molar-refractivity contribution in [3.63, 3.8) is 0 Å². The van der Waals surface area contributed by atoms with E-state index in [9.17, 15) is 5.11 Å². The number of aliphatic hydroxyl groups excluding tert-OH is 1. The zero-order valence-corrected chi connectivity index (χ0v) is 9.56. The van der Waals surface area contributed by atoms with Gasteiger partial charge in [0.15, 0.2) is 0 Å². The van der Waals surface area contributed by atoms with E-state index in [1.54, 1.807) is 0 Å². The van der Waals surface area contributed by atoms with Crippen LogP contribution in [0.15, 0.2) is 30.3 Å². The maximum Gasteiger partial charge on any atom is 0.0940 e. The third-order valence-electron chi connectivity index (χ3n) is 2.62. The topological polar surface area (TPSA) is 46.2 Å². The highest BCUT2D eigenvalue weighted by Gasteiger charge is 2.16. The molecule has 0 aliphatic rings. The second-order valence-electron chi connectivity index (χ2n) is 4.49. The van der Waals surface area contributed by atoms with Gasteiger partial charge in [0, 0.05) is 6.04 Å². The molecule has 1 aromatic carbocycles. The van der Waals surface area contributed by atoms with E-state index in [0.717, 1.165) is 18.4 Å². The molecule has 1 rings (SSSR count).